The Kier molecular flexibility index (Phi) is 7.83. The maximum atomic E-state index is 9.54. The third kappa shape index (κ3) is 9.66. The van der Waals surface area contributed by atoms with Crippen LogP contribution in [0.2, 0.25) is 0 Å². The van der Waals surface area contributed by atoms with E-state index in [2.05, 4.69) is 0 Å². The third-order valence-corrected chi connectivity index (χ3v) is 0.462. The summed E-state index contributed by atoms with van der Waals surface area (Å²) in [6.07, 6.45) is -1.06. The summed E-state index contributed by atoms with van der Waals surface area (Å²) in [5.74, 6) is -1.21. The number of carbonyl (C=O) groups excluding carboxylic acids is 1. The predicted octanol–water partition coefficient (Wildman–Crippen LogP) is -4.49. The first-order valence-electron chi connectivity index (χ1n) is 2.01. The van der Waals surface area contributed by atoms with E-state index in [1.807, 2.05) is 0 Å². The van der Waals surface area contributed by atoms with Crippen LogP contribution in [0.3, 0.4) is 0 Å². The molecule has 0 heterocycles. The number of hydrogen-bond acceptors (Lipinski definition) is 3. The first-order valence-corrected chi connectivity index (χ1v) is 2.01. The molecule has 42 valence electrons. The minimum Gasteiger partial charge on any atom is -0.550 e. The minimum atomic E-state index is -1.21. The van der Waals surface area contributed by atoms with Gasteiger partial charge in [0.05, 0.1) is 6.10 Å². The van der Waals surface area contributed by atoms with Crippen LogP contribution in [0.15, 0.2) is 0 Å². The van der Waals surface area contributed by atoms with Gasteiger partial charge in [-0.3, -0.25) is 0 Å². The normalized spacial score (nSPS) is 11.8. The predicted molar refractivity (Wildman–Crippen MR) is 21.3 cm³/mol. The first kappa shape index (κ1) is 11.3. The van der Waals surface area contributed by atoms with E-state index < -0.39 is 12.1 Å². The molecule has 0 bridgehead atoms. The molecule has 1 N–H and O–H groups in total. The molecule has 0 aromatic heterocycles. The van der Waals surface area contributed by atoms with Crippen molar-refractivity contribution in [3.05, 3.63) is 0 Å². The molecule has 0 aliphatic carbocycles. The number of hydrogen-bond donors (Lipinski definition) is 1. The van der Waals surface area contributed by atoms with Gasteiger partial charge in [-0.15, -0.1) is 0 Å². The fourth-order valence-corrected chi connectivity index (χ4v) is 0.241. The molecule has 0 spiro atoms. The molecule has 1 unspecified atom stereocenters. The first-order chi connectivity index (χ1) is 3.13. The fraction of sp³-hybridized carbons (Fsp3) is 0.750. The quantitative estimate of drug-likeness (QED) is 0.301. The van der Waals surface area contributed by atoms with Crippen molar-refractivity contribution >= 4 is 5.97 Å². The van der Waals surface area contributed by atoms with Gasteiger partial charge in [-0.1, -0.05) is 0 Å². The Morgan fingerprint density at radius 2 is 2.25 bits per heavy atom. The van der Waals surface area contributed by atoms with Gasteiger partial charge < -0.3 is 15.0 Å². The SMILES string of the molecule is C[13CH](O)C[13C](=O)[O-].[Na+]. The monoisotopic (exact) mass is 128 g/mol. The van der Waals surface area contributed by atoms with Crippen LogP contribution in [0.25, 0.3) is 0 Å². The van der Waals surface area contributed by atoms with E-state index in [0.717, 1.165) is 0 Å². The summed E-state index contributed by atoms with van der Waals surface area (Å²) in [5.41, 5.74) is 0. The van der Waals surface area contributed by atoms with Crippen LogP contribution in [0.4, 0.5) is 0 Å². The smallest absolute Gasteiger partial charge is 0.550 e. The van der Waals surface area contributed by atoms with Crippen LogP contribution < -0.4 is 34.7 Å². The number of rotatable bonds is 2. The maximum Gasteiger partial charge on any atom is 1.00 e. The van der Waals surface area contributed by atoms with Crippen molar-refractivity contribution in [1.82, 2.24) is 0 Å². The summed E-state index contributed by atoms with van der Waals surface area (Å²) >= 11 is 0. The van der Waals surface area contributed by atoms with Crippen LogP contribution >= 0.6 is 0 Å². The van der Waals surface area contributed by atoms with Crippen LogP contribution in [0.1, 0.15) is 13.3 Å². The zero-order chi connectivity index (χ0) is 5.86. The standard InChI is InChI=1S/C4H8O3.Na/c1-3(5)2-4(6)7;/h3,5H,2H2,1H3,(H,6,7);/q;+1/p-1/i3+1,4+1;. The largest absolute Gasteiger partial charge is 1.00 e. The Balaban J connectivity index is 0. The number of aliphatic carboxylic acids is 1. The average Bonchev–Trinajstić information content (AvgIpc) is 1.27. The van der Waals surface area contributed by atoms with Crippen LogP contribution in [-0.4, -0.2) is 17.2 Å². The molecule has 0 aliphatic heterocycles. The second kappa shape index (κ2) is 5.56. The summed E-state index contributed by atoms with van der Waals surface area (Å²) in [4.78, 5) is 9.54. The van der Waals surface area contributed by atoms with E-state index in [-0.39, 0.29) is 36.0 Å². The van der Waals surface area contributed by atoms with Crippen molar-refractivity contribution in [3.63, 3.8) is 0 Å². The molecule has 1 atom stereocenters. The average molecular weight is 128 g/mol. The van der Waals surface area contributed by atoms with Gasteiger partial charge in [0, 0.05) is 12.4 Å². The number of aliphatic hydroxyl groups excluding tert-OH is 1. The molecule has 0 aromatic carbocycles. The summed E-state index contributed by atoms with van der Waals surface area (Å²) < 4.78 is 0. The Morgan fingerprint density at radius 1 is 1.88 bits per heavy atom. The Morgan fingerprint density at radius 3 is 2.25 bits per heavy atom. The summed E-state index contributed by atoms with van der Waals surface area (Å²) in [5, 5.41) is 17.8. The number of carbonyl (C=O) groups is 1. The molecule has 0 saturated heterocycles. The molecule has 0 amide bonds. The van der Waals surface area contributed by atoms with Gasteiger partial charge in [-0.2, -0.15) is 0 Å². The van der Waals surface area contributed by atoms with E-state index in [9.17, 15) is 9.90 Å². The van der Waals surface area contributed by atoms with Crippen molar-refractivity contribution in [1.29, 1.82) is 0 Å². The van der Waals surface area contributed by atoms with Gasteiger partial charge in [0.2, 0.25) is 0 Å². The fourth-order valence-electron chi connectivity index (χ4n) is 0.241. The molecule has 0 aliphatic rings. The molecule has 0 fully saturated rings. The maximum absolute atomic E-state index is 9.54. The molecule has 0 radical (unpaired) electrons. The van der Waals surface area contributed by atoms with Crippen molar-refractivity contribution < 1.29 is 44.6 Å². The van der Waals surface area contributed by atoms with Crippen molar-refractivity contribution in [3.8, 4) is 0 Å². The Labute approximate surface area is 70.0 Å². The molecular formula is C4H7NaO3. The third-order valence-electron chi connectivity index (χ3n) is 0.462. The van der Waals surface area contributed by atoms with Gasteiger partial charge in [0.15, 0.2) is 0 Å². The van der Waals surface area contributed by atoms with Gasteiger partial charge in [-0.25, -0.2) is 0 Å². The van der Waals surface area contributed by atoms with Crippen molar-refractivity contribution in [2.45, 2.75) is 19.4 Å². The zero-order valence-corrected chi connectivity index (χ0v) is 7.05. The zero-order valence-electron chi connectivity index (χ0n) is 5.05. The molecule has 0 saturated carbocycles. The van der Waals surface area contributed by atoms with E-state index in [0.29, 0.717) is 0 Å². The van der Waals surface area contributed by atoms with Gasteiger partial charge in [0.25, 0.3) is 0 Å². The van der Waals surface area contributed by atoms with Gasteiger partial charge in [0.1, 0.15) is 0 Å². The molecule has 0 rings (SSSR count). The number of aliphatic hydroxyl groups is 1. The van der Waals surface area contributed by atoms with Crippen LogP contribution in [0.5, 0.6) is 0 Å². The second-order valence-electron chi connectivity index (χ2n) is 1.43. The summed E-state index contributed by atoms with van der Waals surface area (Å²) in [7, 11) is 0. The number of carboxylic acids is 1. The van der Waals surface area contributed by atoms with Gasteiger partial charge in [-0.05, 0) is 6.92 Å². The van der Waals surface area contributed by atoms with E-state index >= 15 is 0 Å². The van der Waals surface area contributed by atoms with Crippen molar-refractivity contribution in [2.75, 3.05) is 0 Å². The molecule has 0 aromatic rings. The Hall–Kier alpha value is 0.430. The second-order valence-corrected chi connectivity index (χ2v) is 1.43. The number of carboxylic acid groups (broad SMARTS) is 1. The Bertz CT molecular complexity index is 71.7. The molecule has 4 heteroatoms. The summed E-state index contributed by atoms with van der Waals surface area (Å²) in [6.45, 7) is 1.40. The van der Waals surface area contributed by atoms with Gasteiger partial charge >= 0.3 is 29.6 Å². The van der Waals surface area contributed by atoms with E-state index in [1.54, 1.807) is 0 Å². The van der Waals surface area contributed by atoms with Crippen LogP contribution in [0, 0.1) is 0 Å². The van der Waals surface area contributed by atoms with Crippen molar-refractivity contribution in [2.24, 2.45) is 0 Å². The molecule has 8 heavy (non-hydrogen) atoms. The van der Waals surface area contributed by atoms with E-state index in [1.165, 1.54) is 6.92 Å². The molecular weight excluding hydrogens is 121 g/mol. The summed E-state index contributed by atoms with van der Waals surface area (Å²) in [6, 6.07) is 0. The van der Waals surface area contributed by atoms with Crippen LogP contribution in [-0.2, 0) is 4.79 Å². The van der Waals surface area contributed by atoms with E-state index in [4.69, 9.17) is 5.11 Å². The molecule has 3 nitrogen and oxygen atoms in total. The topological polar surface area (TPSA) is 60.4 Å². The minimum absolute atomic E-state index is 0.